The summed E-state index contributed by atoms with van der Waals surface area (Å²) in [6, 6.07) is 0.642. The van der Waals surface area contributed by atoms with E-state index in [1.54, 1.807) is 0 Å². The lowest BCUT2D eigenvalue weighted by Crippen LogP contribution is -2.47. The van der Waals surface area contributed by atoms with Crippen LogP contribution in [0.5, 0.6) is 0 Å². The molecule has 1 aliphatic heterocycles. The third-order valence-electron chi connectivity index (χ3n) is 4.20. The number of hydrogen-bond donors (Lipinski definition) is 0. The summed E-state index contributed by atoms with van der Waals surface area (Å²) in [5.41, 5.74) is 0.498. The predicted molar refractivity (Wildman–Crippen MR) is 77.6 cm³/mol. The topological polar surface area (TPSA) is 37.4 Å². The number of rotatable bonds is 1. The SMILES string of the molecule is CC.CC1(C)CCC(N2CCS(=O)(=O)CC2)CC1. The van der Waals surface area contributed by atoms with Gasteiger partial charge in [0.25, 0.3) is 0 Å². The van der Waals surface area contributed by atoms with Gasteiger partial charge in [0.05, 0.1) is 11.5 Å². The van der Waals surface area contributed by atoms with Crippen molar-refractivity contribution in [3.05, 3.63) is 0 Å². The van der Waals surface area contributed by atoms with Crippen molar-refractivity contribution >= 4 is 9.84 Å². The second-order valence-electron chi connectivity index (χ2n) is 6.08. The highest BCUT2D eigenvalue weighted by Crippen LogP contribution is 2.37. The Bertz CT molecular complexity index is 325. The Kier molecular flexibility index (Phi) is 5.66. The fourth-order valence-electron chi connectivity index (χ4n) is 2.84. The first-order valence-electron chi connectivity index (χ1n) is 7.32. The molecule has 2 aliphatic rings. The Hall–Kier alpha value is -0.0900. The van der Waals surface area contributed by atoms with E-state index in [0.29, 0.717) is 23.0 Å². The number of nitrogens with zero attached hydrogens (tertiary/aromatic N) is 1. The molecule has 3 nitrogen and oxygen atoms in total. The number of sulfone groups is 1. The van der Waals surface area contributed by atoms with Gasteiger partial charge in [-0.05, 0) is 31.1 Å². The Morgan fingerprint density at radius 2 is 1.44 bits per heavy atom. The van der Waals surface area contributed by atoms with Gasteiger partial charge in [0.15, 0.2) is 9.84 Å². The Balaban J connectivity index is 0.000000771. The Labute approximate surface area is 113 Å². The molecule has 0 unspecified atom stereocenters. The van der Waals surface area contributed by atoms with Gasteiger partial charge in [-0.2, -0.15) is 0 Å². The molecule has 0 aromatic rings. The lowest BCUT2D eigenvalue weighted by Gasteiger charge is -2.41. The molecule has 0 atom stereocenters. The zero-order chi connectivity index (χ0) is 13.8. The van der Waals surface area contributed by atoms with Crippen molar-refractivity contribution in [3.63, 3.8) is 0 Å². The molecule has 1 saturated carbocycles. The molecule has 0 aromatic carbocycles. The van der Waals surface area contributed by atoms with E-state index in [1.165, 1.54) is 25.7 Å². The summed E-state index contributed by atoms with van der Waals surface area (Å²) in [6.45, 7) is 10.2. The highest BCUT2D eigenvalue weighted by molar-refractivity contribution is 7.91. The van der Waals surface area contributed by atoms with E-state index < -0.39 is 9.84 Å². The molecular weight excluding hydrogens is 246 g/mol. The fourth-order valence-corrected chi connectivity index (χ4v) is 4.07. The van der Waals surface area contributed by atoms with E-state index in [1.807, 2.05) is 13.8 Å². The van der Waals surface area contributed by atoms with Crippen LogP contribution in [0.4, 0.5) is 0 Å². The van der Waals surface area contributed by atoms with Crippen LogP contribution >= 0.6 is 0 Å². The molecule has 2 rings (SSSR count). The van der Waals surface area contributed by atoms with Crippen molar-refractivity contribution in [3.8, 4) is 0 Å². The van der Waals surface area contributed by atoms with E-state index in [9.17, 15) is 8.42 Å². The first kappa shape index (κ1) is 16.0. The molecule has 4 heteroatoms. The van der Waals surface area contributed by atoms with Gasteiger partial charge >= 0.3 is 0 Å². The zero-order valence-corrected chi connectivity index (χ0v) is 13.2. The molecule has 1 heterocycles. The summed E-state index contributed by atoms with van der Waals surface area (Å²) in [5.74, 6) is 0.736. The predicted octanol–water partition coefficient (Wildman–Crippen LogP) is 2.71. The molecule has 108 valence electrons. The average molecular weight is 275 g/mol. The van der Waals surface area contributed by atoms with Crippen LogP contribution in [-0.2, 0) is 9.84 Å². The largest absolute Gasteiger partial charge is 0.298 e. The van der Waals surface area contributed by atoms with Crippen molar-refractivity contribution in [1.82, 2.24) is 4.90 Å². The van der Waals surface area contributed by atoms with Gasteiger partial charge < -0.3 is 0 Å². The maximum absolute atomic E-state index is 11.4. The summed E-state index contributed by atoms with van der Waals surface area (Å²) in [4.78, 5) is 2.40. The minimum Gasteiger partial charge on any atom is -0.298 e. The molecule has 0 spiro atoms. The smallest absolute Gasteiger partial charge is 0.152 e. The second-order valence-corrected chi connectivity index (χ2v) is 8.39. The monoisotopic (exact) mass is 275 g/mol. The van der Waals surface area contributed by atoms with Crippen LogP contribution in [0.1, 0.15) is 53.4 Å². The maximum Gasteiger partial charge on any atom is 0.152 e. The van der Waals surface area contributed by atoms with E-state index in [2.05, 4.69) is 18.7 Å². The molecule has 1 saturated heterocycles. The van der Waals surface area contributed by atoms with Gasteiger partial charge in [0.1, 0.15) is 0 Å². The summed E-state index contributed by atoms with van der Waals surface area (Å²) in [7, 11) is -2.72. The summed E-state index contributed by atoms with van der Waals surface area (Å²) in [6.07, 6.45) is 5.04. The lowest BCUT2D eigenvalue weighted by molar-refractivity contribution is 0.114. The summed E-state index contributed by atoms with van der Waals surface area (Å²) in [5, 5.41) is 0. The summed E-state index contributed by atoms with van der Waals surface area (Å²) >= 11 is 0. The zero-order valence-electron chi connectivity index (χ0n) is 12.4. The molecule has 0 radical (unpaired) electrons. The van der Waals surface area contributed by atoms with Gasteiger partial charge in [-0.3, -0.25) is 4.90 Å². The molecule has 1 aliphatic carbocycles. The first-order chi connectivity index (χ1) is 8.38. The molecule has 0 amide bonds. The van der Waals surface area contributed by atoms with Crippen LogP contribution in [0.25, 0.3) is 0 Å². The molecule has 0 aromatic heterocycles. The van der Waals surface area contributed by atoms with Crippen molar-refractivity contribution < 1.29 is 8.42 Å². The Morgan fingerprint density at radius 1 is 1.00 bits per heavy atom. The quantitative estimate of drug-likeness (QED) is 0.738. The molecule has 18 heavy (non-hydrogen) atoms. The standard InChI is InChI=1S/C12H23NO2S.C2H6/c1-12(2)5-3-11(4-6-12)13-7-9-16(14,15)10-8-13;1-2/h11H,3-10H2,1-2H3;1-2H3. The normalized spacial score (nSPS) is 28.2. The van der Waals surface area contributed by atoms with Crippen molar-refractivity contribution in [2.75, 3.05) is 24.6 Å². The van der Waals surface area contributed by atoms with Gasteiger partial charge in [-0.15, -0.1) is 0 Å². The molecular formula is C14H29NO2S. The van der Waals surface area contributed by atoms with Crippen LogP contribution in [0.2, 0.25) is 0 Å². The van der Waals surface area contributed by atoms with Crippen LogP contribution in [0.3, 0.4) is 0 Å². The molecule has 0 bridgehead atoms. The van der Waals surface area contributed by atoms with Crippen molar-refractivity contribution in [2.24, 2.45) is 5.41 Å². The van der Waals surface area contributed by atoms with Crippen molar-refractivity contribution in [2.45, 2.75) is 59.4 Å². The molecule has 0 N–H and O–H groups in total. The van der Waals surface area contributed by atoms with Crippen LogP contribution in [0, 0.1) is 5.41 Å². The third kappa shape index (κ3) is 4.54. The second kappa shape index (κ2) is 6.38. The highest BCUT2D eigenvalue weighted by Gasteiger charge is 2.32. The minimum atomic E-state index is -2.72. The average Bonchev–Trinajstić information content (AvgIpc) is 2.32. The lowest BCUT2D eigenvalue weighted by atomic mass is 9.75. The third-order valence-corrected chi connectivity index (χ3v) is 5.81. The highest BCUT2D eigenvalue weighted by atomic mass is 32.2. The first-order valence-corrected chi connectivity index (χ1v) is 9.15. The van der Waals surface area contributed by atoms with E-state index in [4.69, 9.17) is 0 Å². The van der Waals surface area contributed by atoms with E-state index in [0.717, 1.165) is 13.1 Å². The van der Waals surface area contributed by atoms with Gasteiger partial charge in [0, 0.05) is 19.1 Å². The van der Waals surface area contributed by atoms with E-state index >= 15 is 0 Å². The maximum atomic E-state index is 11.4. The fraction of sp³-hybridized carbons (Fsp3) is 1.00. The molecule has 2 fully saturated rings. The van der Waals surface area contributed by atoms with E-state index in [-0.39, 0.29) is 0 Å². The van der Waals surface area contributed by atoms with Gasteiger partial charge in [-0.1, -0.05) is 27.7 Å². The van der Waals surface area contributed by atoms with Gasteiger partial charge in [0.2, 0.25) is 0 Å². The van der Waals surface area contributed by atoms with Gasteiger partial charge in [-0.25, -0.2) is 8.42 Å². The Morgan fingerprint density at radius 3 is 1.89 bits per heavy atom. The van der Waals surface area contributed by atoms with Crippen LogP contribution in [-0.4, -0.2) is 44.0 Å². The summed E-state index contributed by atoms with van der Waals surface area (Å²) < 4.78 is 22.7. The minimum absolute atomic E-state index is 0.368. The van der Waals surface area contributed by atoms with Crippen LogP contribution < -0.4 is 0 Å². The van der Waals surface area contributed by atoms with Crippen molar-refractivity contribution in [1.29, 1.82) is 0 Å². The van der Waals surface area contributed by atoms with Crippen LogP contribution in [0.15, 0.2) is 0 Å². The number of hydrogen-bond acceptors (Lipinski definition) is 3.